The van der Waals surface area contributed by atoms with Gasteiger partial charge in [-0.1, -0.05) is 80.3 Å². The van der Waals surface area contributed by atoms with Crippen molar-refractivity contribution in [1.29, 1.82) is 0 Å². The number of amides is 1. The highest BCUT2D eigenvalue weighted by atomic mass is 28.3. The Morgan fingerprint density at radius 1 is 0.667 bits per heavy atom. The third-order valence-corrected chi connectivity index (χ3v) is 10.7. The van der Waals surface area contributed by atoms with Crippen LogP contribution in [0.1, 0.15) is 38.8 Å². The molecule has 0 saturated carbocycles. The molecule has 2 heterocycles. The minimum Gasteiger partial charge on any atom is -0.467 e. The van der Waals surface area contributed by atoms with Gasteiger partial charge in [-0.05, 0) is 17.2 Å². The van der Waals surface area contributed by atoms with E-state index in [0.717, 1.165) is 31.0 Å². The molecule has 2 saturated heterocycles. The van der Waals surface area contributed by atoms with Gasteiger partial charge in [0.05, 0.1) is 20.3 Å². The summed E-state index contributed by atoms with van der Waals surface area (Å²) < 4.78 is 60.7. The first-order valence-corrected chi connectivity index (χ1v) is 22.5. The van der Waals surface area contributed by atoms with Crippen molar-refractivity contribution >= 4 is 37.9 Å². The molecule has 2 aromatic rings. The highest BCUT2D eigenvalue weighted by Gasteiger charge is 2.57. The van der Waals surface area contributed by atoms with Crippen molar-refractivity contribution in [3.63, 3.8) is 0 Å². The Morgan fingerprint density at radius 2 is 1.23 bits per heavy atom. The minimum absolute atomic E-state index is 0.0341. The minimum atomic E-state index is -1.59. The van der Waals surface area contributed by atoms with Crippen molar-refractivity contribution in [2.45, 2.75) is 128 Å². The number of carbonyl (C=O) groups is 5. The van der Waals surface area contributed by atoms with E-state index in [9.17, 15) is 24.0 Å². The van der Waals surface area contributed by atoms with E-state index in [4.69, 9.17) is 47.4 Å². The maximum atomic E-state index is 13.7. The maximum absolute atomic E-state index is 13.7. The average Bonchev–Trinajstić information content (AvgIpc) is 3.14. The number of hydrogen-bond donors (Lipinski definition) is 1. The molecule has 2 aliphatic rings. The van der Waals surface area contributed by atoms with Crippen LogP contribution in [0.3, 0.4) is 0 Å². The first-order valence-electron chi connectivity index (χ1n) is 18.8. The van der Waals surface area contributed by atoms with Crippen molar-refractivity contribution in [3.8, 4) is 0 Å². The molecule has 1 amide bonds. The number of ether oxygens (including phenoxy) is 10. The van der Waals surface area contributed by atoms with Crippen molar-refractivity contribution in [2.24, 2.45) is 0 Å². The number of esters is 4. The van der Waals surface area contributed by atoms with E-state index in [1.807, 2.05) is 60.7 Å². The van der Waals surface area contributed by atoms with E-state index < -0.39 is 106 Å². The zero-order valence-electron chi connectivity index (χ0n) is 33.7. The fourth-order valence-corrected chi connectivity index (χ4v) is 7.07. The number of carbonyl (C=O) groups excluding carboxylic acids is 5. The fourth-order valence-electron chi connectivity index (χ4n) is 6.34. The van der Waals surface area contributed by atoms with Crippen LogP contribution >= 0.6 is 0 Å². The second-order valence-electron chi connectivity index (χ2n) is 15.0. The molecule has 2 aliphatic heterocycles. The Balaban J connectivity index is 1.84. The molecule has 1 N–H and O–H groups in total. The molecular weight excluding hydrogens is 763 g/mol. The summed E-state index contributed by atoms with van der Waals surface area (Å²) in [5.74, 6) is -3.66. The van der Waals surface area contributed by atoms with Crippen LogP contribution in [0.5, 0.6) is 0 Å². The molecule has 10 atom stereocenters. The molecule has 0 radical (unpaired) electrons. The van der Waals surface area contributed by atoms with Crippen LogP contribution in [0.15, 0.2) is 60.7 Å². The van der Waals surface area contributed by atoms with Crippen LogP contribution in [0.4, 0.5) is 0 Å². The lowest BCUT2D eigenvalue weighted by molar-refractivity contribution is -0.352. The summed E-state index contributed by atoms with van der Waals surface area (Å²) in [7, 11) is -0.406. The van der Waals surface area contributed by atoms with Crippen molar-refractivity contribution in [1.82, 2.24) is 5.32 Å². The van der Waals surface area contributed by atoms with Crippen LogP contribution in [0.25, 0.3) is 0 Å². The van der Waals surface area contributed by atoms with Crippen LogP contribution in [0, 0.1) is 0 Å². The second kappa shape index (κ2) is 21.5. The zero-order valence-corrected chi connectivity index (χ0v) is 34.7. The number of benzene rings is 2. The highest BCUT2D eigenvalue weighted by Crippen LogP contribution is 2.35. The average molecular weight is 818 g/mol. The molecule has 0 spiro atoms. The van der Waals surface area contributed by atoms with Crippen LogP contribution in [-0.2, 0) is 84.6 Å². The number of nitrogens with one attached hydrogen (secondary N) is 1. The molecule has 0 aromatic heterocycles. The first-order chi connectivity index (χ1) is 27.1. The second-order valence-corrected chi connectivity index (χ2v) is 20.6. The topological polar surface area (TPSA) is 190 Å². The molecule has 17 heteroatoms. The molecule has 2 fully saturated rings. The van der Waals surface area contributed by atoms with Gasteiger partial charge in [0.15, 0.2) is 30.9 Å². The summed E-state index contributed by atoms with van der Waals surface area (Å²) in [4.78, 5) is 63.3. The van der Waals surface area contributed by atoms with Gasteiger partial charge in [0.2, 0.25) is 5.91 Å². The maximum Gasteiger partial charge on any atom is 0.337 e. The summed E-state index contributed by atoms with van der Waals surface area (Å²) >= 11 is 0. The van der Waals surface area contributed by atoms with E-state index in [-0.39, 0.29) is 13.2 Å². The van der Waals surface area contributed by atoms with E-state index in [2.05, 4.69) is 25.0 Å². The quantitative estimate of drug-likeness (QED) is 0.131. The SMILES string of the molecule is COC(=O)[C@H]1O[C@@H](OCC[Si](C)(C)C)[C@H](OCc2ccccc2)[C@@H](OCc2ccccc2)[C@@H]1O[C@@H]1O[C@H](COC(C)=O)[C@@H](OC(C)=O)[C@H](OC(C)=O)[C@H]1NC(C)=O. The Bertz CT molecular complexity index is 1620. The lowest BCUT2D eigenvalue weighted by Gasteiger charge is -2.49. The standard InChI is InChI=1S/C40H55NO15Si/c1-24(42)41-31-33(53-27(4)45)32(52-26(3)44)30(23-49-25(2)43)54-39(31)55-35-34(50-21-28-15-11-9-12-16-28)37(51-22-29-17-13-10-14-18-29)40(48-19-20-57(6,7)8)56-36(35)38(46)47-5/h9-18,30-37,39-40H,19-23H2,1-8H3,(H,41,42)/t30-,31-,32-,33-,34+,35+,36+,37-,39+,40-/m1/s1. The van der Waals surface area contributed by atoms with Gasteiger partial charge in [-0.15, -0.1) is 0 Å². The molecular formula is C40H55NO15Si. The molecule has 314 valence electrons. The van der Waals surface area contributed by atoms with Gasteiger partial charge in [-0.3, -0.25) is 19.2 Å². The lowest BCUT2D eigenvalue weighted by Crippen LogP contribution is -2.69. The zero-order chi connectivity index (χ0) is 41.7. The predicted octanol–water partition coefficient (Wildman–Crippen LogP) is 3.45. The largest absolute Gasteiger partial charge is 0.467 e. The van der Waals surface area contributed by atoms with Crippen molar-refractivity contribution < 1.29 is 71.3 Å². The van der Waals surface area contributed by atoms with Gasteiger partial charge in [0.1, 0.15) is 37.1 Å². The van der Waals surface area contributed by atoms with Gasteiger partial charge >= 0.3 is 23.9 Å². The van der Waals surface area contributed by atoms with Gasteiger partial charge in [-0.25, -0.2) is 4.79 Å². The van der Waals surface area contributed by atoms with Gasteiger partial charge in [0, 0.05) is 42.4 Å². The summed E-state index contributed by atoms with van der Waals surface area (Å²) in [5.41, 5.74) is 1.63. The number of hydrogen-bond acceptors (Lipinski definition) is 15. The monoisotopic (exact) mass is 817 g/mol. The number of methoxy groups -OCH3 is 1. The van der Waals surface area contributed by atoms with Gasteiger partial charge < -0.3 is 52.7 Å². The van der Waals surface area contributed by atoms with E-state index in [1.54, 1.807) is 0 Å². The van der Waals surface area contributed by atoms with Gasteiger partial charge in [-0.2, -0.15) is 0 Å². The summed E-state index contributed by atoms with van der Waals surface area (Å²) in [6.07, 6.45) is -11.9. The molecule has 4 rings (SSSR count). The fraction of sp³-hybridized carbons (Fsp3) is 0.575. The molecule has 0 unspecified atom stereocenters. The Kier molecular flexibility index (Phi) is 17.2. The van der Waals surface area contributed by atoms with E-state index in [1.165, 1.54) is 21.0 Å². The summed E-state index contributed by atoms with van der Waals surface area (Å²) in [6, 6.07) is 18.1. The summed E-state index contributed by atoms with van der Waals surface area (Å²) in [5, 5.41) is 2.69. The molecule has 16 nitrogen and oxygen atoms in total. The lowest BCUT2D eigenvalue weighted by atomic mass is 9.94. The Labute approximate surface area is 334 Å². The molecule has 0 bridgehead atoms. The van der Waals surface area contributed by atoms with Crippen molar-refractivity contribution in [2.75, 3.05) is 20.3 Å². The predicted molar refractivity (Wildman–Crippen MR) is 204 cm³/mol. The third kappa shape index (κ3) is 14.0. The first kappa shape index (κ1) is 45.5. The van der Waals surface area contributed by atoms with Crippen molar-refractivity contribution in [3.05, 3.63) is 71.8 Å². The third-order valence-electron chi connectivity index (χ3n) is 9.00. The van der Waals surface area contributed by atoms with Crippen LogP contribution in [-0.4, -0.2) is 120 Å². The molecule has 0 aliphatic carbocycles. The van der Waals surface area contributed by atoms with E-state index in [0.29, 0.717) is 6.61 Å². The smallest absolute Gasteiger partial charge is 0.337 e. The summed E-state index contributed by atoms with van der Waals surface area (Å²) in [6.45, 7) is 11.2. The molecule has 2 aromatic carbocycles. The molecule has 57 heavy (non-hydrogen) atoms. The Morgan fingerprint density at radius 3 is 1.74 bits per heavy atom. The van der Waals surface area contributed by atoms with Crippen LogP contribution < -0.4 is 5.32 Å². The van der Waals surface area contributed by atoms with E-state index >= 15 is 0 Å². The Hall–Kier alpha value is -4.23. The normalized spacial score (nSPS) is 27.4. The number of rotatable bonds is 18. The highest BCUT2D eigenvalue weighted by molar-refractivity contribution is 6.76. The van der Waals surface area contributed by atoms with Gasteiger partial charge in [0.25, 0.3) is 0 Å². The van der Waals surface area contributed by atoms with Crippen LogP contribution in [0.2, 0.25) is 25.7 Å².